The minimum atomic E-state index is 0.580. The second-order valence-corrected chi connectivity index (χ2v) is 6.61. The topological polar surface area (TPSA) is 12.0 Å². The highest BCUT2D eigenvalue weighted by Gasteiger charge is 2.33. The third-order valence-electron chi connectivity index (χ3n) is 5.03. The summed E-state index contributed by atoms with van der Waals surface area (Å²) >= 11 is 0. The Bertz CT molecular complexity index is 194. The molecule has 0 aromatic heterocycles. The number of rotatable bonds is 9. The Labute approximate surface area is 115 Å². The van der Waals surface area contributed by atoms with Crippen LogP contribution in [-0.4, -0.2) is 13.1 Å². The van der Waals surface area contributed by atoms with Gasteiger partial charge in [-0.2, -0.15) is 0 Å². The Morgan fingerprint density at radius 3 is 2.17 bits per heavy atom. The van der Waals surface area contributed by atoms with Crippen molar-refractivity contribution in [1.82, 2.24) is 5.32 Å². The van der Waals surface area contributed by atoms with E-state index in [1.165, 1.54) is 77.0 Å². The van der Waals surface area contributed by atoms with Crippen LogP contribution < -0.4 is 5.32 Å². The van der Waals surface area contributed by atoms with E-state index < -0.39 is 0 Å². The molecule has 0 bridgehead atoms. The third-order valence-corrected chi connectivity index (χ3v) is 5.03. The molecule has 0 radical (unpaired) electrons. The van der Waals surface area contributed by atoms with Gasteiger partial charge in [0.05, 0.1) is 0 Å². The summed E-state index contributed by atoms with van der Waals surface area (Å²) in [7, 11) is 2.17. The van der Waals surface area contributed by atoms with Crippen molar-refractivity contribution in [3.63, 3.8) is 0 Å². The summed E-state index contributed by atoms with van der Waals surface area (Å²) in [6, 6.07) is 0.754. The van der Waals surface area contributed by atoms with E-state index >= 15 is 0 Å². The first-order chi connectivity index (χ1) is 8.73. The predicted molar refractivity (Wildman–Crippen MR) is 82.0 cm³/mol. The predicted octanol–water partition coefficient (Wildman–Crippen LogP) is 5.30. The molecule has 108 valence electrons. The van der Waals surface area contributed by atoms with Crippen molar-refractivity contribution in [2.45, 2.75) is 96.9 Å². The van der Waals surface area contributed by atoms with Gasteiger partial charge in [-0.25, -0.2) is 0 Å². The van der Waals surface area contributed by atoms with Gasteiger partial charge in [-0.3, -0.25) is 0 Å². The fourth-order valence-electron chi connectivity index (χ4n) is 3.68. The molecular formula is C17H35N. The molecular weight excluding hydrogens is 218 g/mol. The first-order valence-electron chi connectivity index (χ1n) is 8.40. The van der Waals surface area contributed by atoms with Gasteiger partial charge in [0.15, 0.2) is 0 Å². The molecule has 0 heterocycles. The molecule has 0 saturated heterocycles. The summed E-state index contributed by atoms with van der Waals surface area (Å²) in [5.74, 6) is 0. The molecule has 1 nitrogen and oxygen atoms in total. The van der Waals surface area contributed by atoms with Crippen molar-refractivity contribution in [2.24, 2.45) is 5.41 Å². The van der Waals surface area contributed by atoms with Gasteiger partial charge in [-0.1, -0.05) is 71.6 Å². The molecule has 0 amide bonds. The summed E-state index contributed by atoms with van der Waals surface area (Å²) in [4.78, 5) is 0. The highest BCUT2D eigenvalue weighted by atomic mass is 14.9. The van der Waals surface area contributed by atoms with Crippen LogP contribution in [0, 0.1) is 5.41 Å². The van der Waals surface area contributed by atoms with Crippen molar-refractivity contribution < 1.29 is 0 Å². The Balaban J connectivity index is 2.20. The third kappa shape index (κ3) is 5.30. The Hall–Kier alpha value is -0.0400. The molecule has 0 aromatic rings. The normalized spacial score (nSPS) is 20.8. The maximum atomic E-state index is 3.61. The SMILES string of the molecule is CCCCCCCCC(NC)C1(C)CCCCC1. The van der Waals surface area contributed by atoms with Gasteiger partial charge < -0.3 is 5.32 Å². The summed E-state index contributed by atoms with van der Waals surface area (Å²) in [6.45, 7) is 4.81. The van der Waals surface area contributed by atoms with E-state index in [1.807, 2.05) is 0 Å². The molecule has 0 aromatic carbocycles. The number of hydrogen-bond acceptors (Lipinski definition) is 1. The molecule has 0 aliphatic heterocycles. The average molecular weight is 253 g/mol. The molecule has 1 aliphatic carbocycles. The molecule has 1 N–H and O–H groups in total. The van der Waals surface area contributed by atoms with Crippen LogP contribution in [0.5, 0.6) is 0 Å². The van der Waals surface area contributed by atoms with E-state index in [0.717, 1.165) is 6.04 Å². The van der Waals surface area contributed by atoms with Gasteiger partial charge in [0.25, 0.3) is 0 Å². The zero-order valence-corrected chi connectivity index (χ0v) is 13.1. The standard InChI is InChI=1S/C17H35N/c1-4-5-6-7-8-10-13-16(18-3)17(2)14-11-9-12-15-17/h16,18H,4-15H2,1-3H3. The molecule has 1 unspecified atom stereocenters. The molecule has 1 heteroatoms. The molecule has 18 heavy (non-hydrogen) atoms. The smallest absolute Gasteiger partial charge is 0.0118 e. The van der Waals surface area contributed by atoms with Gasteiger partial charge in [-0.05, 0) is 31.7 Å². The first kappa shape index (κ1) is 16.0. The van der Waals surface area contributed by atoms with Crippen LogP contribution in [0.1, 0.15) is 90.9 Å². The van der Waals surface area contributed by atoms with Crippen molar-refractivity contribution >= 4 is 0 Å². The second-order valence-electron chi connectivity index (χ2n) is 6.61. The van der Waals surface area contributed by atoms with Gasteiger partial charge in [0, 0.05) is 6.04 Å². The van der Waals surface area contributed by atoms with E-state index in [1.54, 1.807) is 0 Å². The Morgan fingerprint density at radius 1 is 0.944 bits per heavy atom. The number of hydrogen-bond donors (Lipinski definition) is 1. The van der Waals surface area contributed by atoms with Crippen molar-refractivity contribution in [3.8, 4) is 0 Å². The van der Waals surface area contributed by atoms with Gasteiger partial charge in [0.1, 0.15) is 0 Å². The van der Waals surface area contributed by atoms with E-state index in [9.17, 15) is 0 Å². The van der Waals surface area contributed by atoms with E-state index in [0.29, 0.717) is 5.41 Å². The molecule has 0 spiro atoms. The monoisotopic (exact) mass is 253 g/mol. The van der Waals surface area contributed by atoms with Crippen molar-refractivity contribution in [1.29, 1.82) is 0 Å². The minimum absolute atomic E-state index is 0.580. The molecule has 1 atom stereocenters. The van der Waals surface area contributed by atoms with Gasteiger partial charge >= 0.3 is 0 Å². The quantitative estimate of drug-likeness (QED) is 0.550. The summed E-state index contributed by atoms with van der Waals surface area (Å²) < 4.78 is 0. The summed E-state index contributed by atoms with van der Waals surface area (Å²) in [5.41, 5.74) is 0.580. The summed E-state index contributed by atoms with van der Waals surface area (Å²) in [6.07, 6.45) is 17.2. The first-order valence-corrected chi connectivity index (χ1v) is 8.40. The molecule has 1 rings (SSSR count). The minimum Gasteiger partial charge on any atom is -0.316 e. The lowest BCUT2D eigenvalue weighted by molar-refractivity contribution is 0.141. The van der Waals surface area contributed by atoms with Crippen LogP contribution in [0.2, 0.25) is 0 Å². The largest absolute Gasteiger partial charge is 0.316 e. The summed E-state index contributed by atoms with van der Waals surface area (Å²) in [5, 5.41) is 3.61. The maximum absolute atomic E-state index is 3.61. The fraction of sp³-hybridized carbons (Fsp3) is 1.00. The highest BCUT2D eigenvalue weighted by molar-refractivity contribution is 4.89. The zero-order valence-electron chi connectivity index (χ0n) is 13.1. The lowest BCUT2D eigenvalue weighted by atomic mass is 9.69. The van der Waals surface area contributed by atoms with Crippen LogP contribution in [0.3, 0.4) is 0 Å². The van der Waals surface area contributed by atoms with Crippen LogP contribution in [0.25, 0.3) is 0 Å². The highest BCUT2D eigenvalue weighted by Crippen LogP contribution is 2.40. The van der Waals surface area contributed by atoms with E-state index in [4.69, 9.17) is 0 Å². The van der Waals surface area contributed by atoms with Crippen LogP contribution in [0.15, 0.2) is 0 Å². The molecule has 1 saturated carbocycles. The lowest BCUT2D eigenvalue weighted by Crippen LogP contribution is -2.43. The number of nitrogens with one attached hydrogen (secondary N) is 1. The zero-order chi connectivity index (χ0) is 13.3. The Kier molecular flexibility index (Phi) is 7.97. The number of unbranched alkanes of at least 4 members (excludes halogenated alkanes) is 5. The van der Waals surface area contributed by atoms with Gasteiger partial charge in [0.2, 0.25) is 0 Å². The van der Waals surface area contributed by atoms with Gasteiger partial charge in [-0.15, -0.1) is 0 Å². The molecule has 1 aliphatic rings. The fourth-order valence-corrected chi connectivity index (χ4v) is 3.68. The maximum Gasteiger partial charge on any atom is 0.0118 e. The van der Waals surface area contributed by atoms with E-state index in [-0.39, 0.29) is 0 Å². The lowest BCUT2D eigenvalue weighted by Gasteiger charge is -2.41. The average Bonchev–Trinajstić information content (AvgIpc) is 2.38. The van der Waals surface area contributed by atoms with Crippen molar-refractivity contribution in [2.75, 3.05) is 7.05 Å². The van der Waals surface area contributed by atoms with Crippen LogP contribution in [0.4, 0.5) is 0 Å². The Morgan fingerprint density at radius 2 is 1.56 bits per heavy atom. The second kappa shape index (κ2) is 8.96. The van der Waals surface area contributed by atoms with Crippen molar-refractivity contribution in [3.05, 3.63) is 0 Å². The van der Waals surface area contributed by atoms with Crippen LogP contribution >= 0.6 is 0 Å². The van der Waals surface area contributed by atoms with Crippen LogP contribution in [-0.2, 0) is 0 Å². The van der Waals surface area contributed by atoms with E-state index in [2.05, 4.69) is 26.2 Å². The molecule has 1 fully saturated rings.